The Morgan fingerprint density at radius 1 is 0.909 bits per heavy atom. The quantitative estimate of drug-likeness (QED) is 0.108. The largest absolute Gasteiger partial charge is 0.401 e. The Balaban J connectivity index is 2.48. The molecule has 0 N–H and O–H groups in total. The van der Waals surface area contributed by atoms with Crippen molar-refractivity contribution in [2.45, 2.75) is 70.9 Å². The van der Waals surface area contributed by atoms with Crippen molar-refractivity contribution in [3.63, 3.8) is 0 Å². The van der Waals surface area contributed by atoms with Crippen LogP contribution in [0.25, 0.3) is 0 Å². The van der Waals surface area contributed by atoms with Crippen molar-refractivity contribution in [3.8, 4) is 12.3 Å². The van der Waals surface area contributed by atoms with Gasteiger partial charge in [0.05, 0.1) is 6.10 Å². The Hall–Kier alpha value is -2.60. The molecular formula is C31H40OSi. The molecule has 0 heterocycles. The zero-order valence-electron chi connectivity index (χ0n) is 20.8. The third kappa shape index (κ3) is 7.74. The zero-order chi connectivity index (χ0) is 24.0. The molecule has 0 unspecified atom stereocenters. The van der Waals surface area contributed by atoms with Gasteiger partial charge in [0.2, 0.25) is 0 Å². The highest BCUT2D eigenvalue weighted by Gasteiger charge is 2.51. The SMILES string of the molecule is C#C/C=C/C=C/[C@@H](C/C=C\CCCCC)O[Si](c1ccccc1)(c1ccccc1)C(C)(C)C. The van der Waals surface area contributed by atoms with Crippen LogP contribution in [0.15, 0.2) is 97.1 Å². The lowest BCUT2D eigenvalue weighted by Gasteiger charge is -2.44. The van der Waals surface area contributed by atoms with Crippen LogP contribution in [0.1, 0.15) is 59.8 Å². The molecule has 2 heteroatoms. The third-order valence-electron chi connectivity index (χ3n) is 5.88. The first kappa shape index (κ1) is 26.6. The minimum Gasteiger partial charge on any atom is -0.401 e. The highest BCUT2D eigenvalue weighted by Crippen LogP contribution is 2.38. The minimum atomic E-state index is -2.61. The van der Waals surface area contributed by atoms with Gasteiger partial charge in [0.25, 0.3) is 8.32 Å². The van der Waals surface area contributed by atoms with E-state index in [2.05, 4.69) is 113 Å². The van der Waals surface area contributed by atoms with E-state index in [4.69, 9.17) is 10.8 Å². The summed E-state index contributed by atoms with van der Waals surface area (Å²) in [6, 6.07) is 21.6. The molecule has 33 heavy (non-hydrogen) atoms. The molecule has 2 aromatic carbocycles. The van der Waals surface area contributed by atoms with Gasteiger partial charge in [-0.25, -0.2) is 0 Å². The molecule has 0 amide bonds. The number of hydrogen-bond acceptors (Lipinski definition) is 1. The summed E-state index contributed by atoms with van der Waals surface area (Å²) >= 11 is 0. The predicted molar refractivity (Wildman–Crippen MR) is 148 cm³/mol. The maximum absolute atomic E-state index is 7.30. The molecule has 0 aliphatic heterocycles. The summed E-state index contributed by atoms with van der Waals surface area (Å²) in [5.41, 5.74) is 0. The molecule has 174 valence electrons. The number of allylic oxidation sites excluding steroid dienone is 4. The normalized spacial score (nSPS) is 13.7. The Morgan fingerprint density at radius 3 is 2.03 bits per heavy atom. The first-order valence-corrected chi connectivity index (χ1v) is 14.1. The van der Waals surface area contributed by atoms with E-state index in [-0.39, 0.29) is 11.1 Å². The summed E-state index contributed by atoms with van der Waals surface area (Å²) < 4.78 is 7.30. The van der Waals surface area contributed by atoms with E-state index in [9.17, 15) is 0 Å². The van der Waals surface area contributed by atoms with E-state index in [1.807, 2.05) is 12.2 Å². The van der Waals surface area contributed by atoms with E-state index in [1.54, 1.807) is 6.08 Å². The van der Waals surface area contributed by atoms with E-state index in [0.717, 1.165) is 12.8 Å². The lowest BCUT2D eigenvalue weighted by Crippen LogP contribution is -2.67. The monoisotopic (exact) mass is 456 g/mol. The van der Waals surface area contributed by atoms with E-state index >= 15 is 0 Å². The first-order valence-electron chi connectivity index (χ1n) is 12.2. The fourth-order valence-electron chi connectivity index (χ4n) is 4.24. The van der Waals surface area contributed by atoms with Crippen LogP contribution in [-0.4, -0.2) is 14.4 Å². The van der Waals surface area contributed by atoms with Crippen molar-refractivity contribution in [1.29, 1.82) is 0 Å². The fraction of sp³-hybridized carbons (Fsp3) is 0.355. The van der Waals surface area contributed by atoms with Crippen LogP contribution in [0.5, 0.6) is 0 Å². The molecule has 0 spiro atoms. The molecule has 0 aliphatic carbocycles. The minimum absolute atomic E-state index is 0.0406. The Morgan fingerprint density at radius 2 is 1.52 bits per heavy atom. The average Bonchev–Trinajstić information content (AvgIpc) is 2.82. The molecule has 0 aliphatic rings. The molecule has 0 aromatic heterocycles. The van der Waals surface area contributed by atoms with Crippen LogP contribution < -0.4 is 10.4 Å². The van der Waals surface area contributed by atoms with Crippen LogP contribution in [0.4, 0.5) is 0 Å². The summed E-state index contributed by atoms with van der Waals surface area (Å²) in [4.78, 5) is 0. The molecule has 0 radical (unpaired) electrons. The lowest BCUT2D eigenvalue weighted by atomic mass is 10.1. The van der Waals surface area contributed by atoms with Crippen LogP contribution in [0.3, 0.4) is 0 Å². The highest BCUT2D eigenvalue weighted by atomic mass is 28.4. The Labute approximate surface area is 203 Å². The summed E-state index contributed by atoms with van der Waals surface area (Å²) in [7, 11) is -2.61. The summed E-state index contributed by atoms with van der Waals surface area (Å²) in [6.07, 6.45) is 23.5. The van der Waals surface area contributed by atoms with Crippen molar-refractivity contribution in [3.05, 3.63) is 97.1 Å². The van der Waals surface area contributed by atoms with Gasteiger partial charge in [-0.3, -0.25) is 0 Å². The topological polar surface area (TPSA) is 9.23 Å². The van der Waals surface area contributed by atoms with Gasteiger partial charge >= 0.3 is 0 Å². The molecule has 2 aromatic rings. The van der Waals surface area contributed by atoms with Gasteiger partial charge in [-0.15, -0.1) is 6.42 Å². The van der Waals surface area contributed by atoms with Gasteiger partial charge in [0, 0.05) is 0 Å². The molecule has 1 nitrogen and oxygen atoms in total. The standard InChI is InChI=1S/C31H40OSi/c1-6-8-10-12-13-17-23-28(22-16-11-9-7-2)32-33(31(3,4)5,29-24-18-14-19-25-29)30-26-20-15-21-27-30/h2,9,11,13-22,24-28H,6,8,10,12,23H2,1,3-5H3/b11-9+,17-13-,22-16+/t28-/m0/s1. The van der Waals surface area contributed by atoms with E-state index < -0.39 is 8.32 Å². The smallest absolute Gasteiger partial charge is 0.261 e. The molecule has 0 saturated carbocycles. The molecule has 0 bridgehead atoms. The van der Waals surface area contributed by atoms with Crippen molar-refractivity contribution < 1.29 is 4.43 Å². The van der Waals surface area contributed by atoms with Crippen LogP contribution >= 0.6 is 0 Å². The van der Waals surface area contributed by atoms with Crippen molar-refractivity contribution >= 4 is 18.7 Å². The van der Waals surface area contributed by atoms with E-state index in [0.29, 0.717) is 0 Å². The number of terminal acetylenes is 1. The van der Waals surface area contributed by atoms with Crippen LogP contribution in [0.2, 0.25) is 5.04 Å². The van der Waals surface area contributed by atoms with Crippen LogP contribution in [0, 0.1) is 12.3 Å². The maximum Gasteiger partial charge on any atom is 0.261 e. The van der Waals surface area contributed by atoms with Crippen molar-refractivity contribution in [1.82, 2.24) is 0 Å². The Bertz CT molecular complexity index is 887. The second kappa shape index (κ2) is 13.8. The van der Waals surface area contributed by atoms with Crippen molar-refractivity contribution in [2.24, 2.45) is 0 Å². The molecule has 0 fully saturated rings. The molecule has 1 atom stereocenters. The number of benzene rings is 2. The first-order chi connectivity index (χ1) is 16.0. The summed E-state index contributed by atoms with van der Waals surface area (Å²) in [5, 5.41) is 2.54. The zero-order valence-corrected chi connectivity index (χ0v) is 21.8. The third-order valence-corrected chi connectivity index (χ3v) is 10.9. The molecule has 2 rings (SSSR count). The Kier molecular flexibility index (Phi) is 11.2. The fourth-order valence-corrected chi connectivity index (χ4v) is 8.89. The number of unbranched alkanes of at least 4 members (excludes halogenated alkanes) is 3. The van der Waals surface area contributed by atoms with E-state index in [1.165, 1.54) is 29.6 Å². The maximum atomic E-state index is 7.30. The lowest BCUT2D eigenvalue weighted by molar-refractivity contribution is 0.236. The predicted octanol–water partition coefficient (Wildman–Crippen LogP) is 7.20. The summed E-state index contributed by atoms with van der Waals surface area (Å²) in [6.45, 7) is 9.20. The summed E-state index contributed by atoms with van der Waals surface area (Å²) in [5.74, 6) is 2.56. The molecular weight excluding hydrogens is 416 g/mol. The average molecular weight is 457 g/mol. The second-order valence-corrected chi connectivity index (χ2v) is 13.7. The van der Waals surface area contributed by atoms with Gasteiger partial charge in [-0.1, -0.05) is 138 Å². The van der Waals surface area contributed by atoms with Gasteiger partial charge in [-0.2, -0.15) is 0 Å². The van der Waals surface area contributed by atoms with Crippen molar-refractivity contribution in [2.75, 3.05) is 0 Å². The van der Waals surface area contributed by atoms with Gasteiger partial charge in [0.15, 0.2) is 0 Å². The second-order valence-electron chi connectivity index (χ2n) is 9.43. The van der Waals surface area contributed by atoms with Gasteiger partial charge in [0.1, 0.15) is 0 Å². The number of rotatable bonds is 12. The molecule has 0 saturated heterocycles. The number of hydrogen-bond donors (Lipinski definition) is 0. The van der Waals surface area contributed by atoms with Gasteiger partial charge < -0.3 is 4.43 Å². The van der Waals surface area contributed by atoms with Crippen LogP contribution in [-0.2, 0) is 4.43 Å². The highest BCUT2D eigenvalue weighted by molar-refractivity contribution is 6.99. The van der Waals surface area contributed by atoms with Gasteiger partial charge in [-0.05, 0) is 40.8 Å².